The summed E-state index contributed by atoms with van der Waals surface area (Å²) in [6.45, 7) is 4.10. The first-order chi connectivity index (χ1) is 6.24. The van der Waals surface area contributed by atoms with Crippen molar-refractivity contribution >= 4 is 24.4 Å². The quantitative estimate of drug-likeness (QED) is 0.620. The third-order valence-corrected chi connectivity index (χ3v) is 2.34. The van der Waals surface area contributed by atoms with Crippen molar-refractivity contribution < 1.29 is 4.79 Å². The monoisotopic (exact) mass is 213 g/mol. The predicted octanol–water partition coefficient (Wildman–Crippen LogP) is 2.63. The fourth-order valence-electron chi connectivity index (χ4n) is 1.67. The first kappa shape index (κ1) is 13.0. The van der Waals surface area contributed by atoms with Gasteiger partial charge in [-0.3, -0.25) is 4.79 Å². The Kier molecular flexibility index (Phi) is 5.24. The maximum Gasteiger partial charge on any atom is 0.150 e. The molecule has 0 aliphatic heterocycles. The number of rotatable bonds is 3. The van der Waals surface area contributed by atoms with Gasteiger partial charge < -0.3 is 5.73 Å². The molecule has 0 spiro atoms. The molecule has 0 fully saturated rings. The van der Waals surface area contributed by atoms with E-state index in [1.165, 1.54) is 0 Å². The molecule has 0 atom stereocenters. The number of anilines is 1. The first-order valence-corrected chi connectivity index (χ1v) is 4.60. The molecule has 0 aliphatic rings. The highest BCUT2D eigenvalue weighted by Crippen LogP contribution is 2.21. The van der Waals surface area contributed by atoms with Crippen molar-refractivity contribution in [2.75, 3.05) is 5.73 Å². The van der Waals surface area contributed by atoms with E-state index in [9.17, 15) is 4.79 Å². The van der Waals surface area contributed by atoms with Gasteiger partial charge in [0.15, 0.2) is 0 Å². The molecule has 3 heteroatoms. The number of aldehydes is 1. The van der Waals surface area contributed by atoms with Crippen LogP contribution in [-0.4, -0.2) is 6.29 Å². The van der Waals surface area contributed by atoms with Crippen LogP contribution in [0.25, 0.3) is 0 Å². The Hall–Kier alpha value is -1.02. The van der Waals surface area contributed by atoms with Crippen molar-refractivity contribution in [2.24, 2.45) is 0 Å². The van der Waals surface area contributed by atoms with E-state index in [2.05, 4.69) is 6.92 Å². The van der Waals surface area contributed by atoms with E-state index in [4.69, 9.17) is 5.73 Å². The van der Waals surface area contributed by atoms with Gasteiger partial charge in [0.25, 0.3) is 0 Å². The molecule has 1 aromatic rings. The Balaban J connectivity index is 0.00000169. The first-order valence-electron chi connectivity index (χ1n) is 4.60. The Morgan fingerprint density at radius 1 is 1.21 bits per heavy atom. The largest absolute Gasteiger partial charge is 0.398 e. The molecule has 0 aliphatic carbocycles. The van der Waals surface area contributed by atoms with E-state index >= 15 is 0 Å². The zero-order valence-electron chi connectivity index (χ0n) is 8.54. The van der Waals surface area contributed by atoms with Crippen molar-refractivity contribution in [1.29, 1.82) is 0 Å². The van der Waals surface area contributed by atoms with Crippen LogP contribution in [0.3, 0.4) is 0 Å². The summed E-state index contributed by atoms with van der Waals surface area (Å²) in [6.07, 6.45) is 2.65. The molecule has 0 unspecified atom stereocenters. The molecule has 0 saturated carbocycles. The van der Waals surface area contributed by atoms with E-state index < -0.39 is 0 Å². The number of carbonyl (C=O) groups is 1. The highest BCUT2D eigenvalue weighted by Gasteiger charge is 2.07. The second-order valence-corrected chi connectivity index (χ2v) is 3.03. The highest BCUT2D eigenvalue weighted by molar-refractivity contribution is 5.85. The molecular formula is C11H16ClNO. The van der Waals surface area contributed by atoms with E-state index in [0.29, 0.717) is 0 Å². The van der Waals surface area contributed by atoms with Crippen LogP contribution in [0, 0.1) is 0 Å². The number of hydrogen-bond acceptors (Lipinski definition) is 2. The Labute approximate surface area is 90.9 Å². The Morgan fingerprint density at radius 2 is 1.79 bits per heavy atom. The van der Waals surface area contributed by atoms with Gasteiger partial charge in [-0.25, -0.2) is 0 Å². The molecule has 0 radical (unpaired) electrons. The van der Waals surface area contributed by atoms with Gasteiger partial charge in [-0.05, 0) is 36.1 Å². The van der Waals surface area contributed by atoms with E-state index in [-0.39, 0.29) is 12.4 Å². The van der Waals surface area contributed by atoms with E-state index in [1.54, 1.807) is 6.07 Å². The van der Waals surface area contributed by atoms with Crippen molar-refractivity contribution in [1.82, 2.24) is 0 Å². The number of carbonyl (C=O) groups excluding carboxylic acids is 1. The topological polar surface area (TPSA) is 43.1 Å². The Bertz CT molecular complexity index is 323. The summed E-state index contributed by atoms with van der Waals surface area (Å²) in [5.74, 6) is 0. The molecule has 2 nitrogen and oxygen atoms in total. The smallest absolute Gasteiger partial charge is 0.150 e. The molecule has 78 valence electrons. The number of halogens is 1. The number of hydrogen-bond donors (Lipinski definition) is 1. The van der Waals surface area contributed by atoms with Crippen LogP contribution in [0.1, 0.15) is 35.3 Å². The van der Waals surface area contributed by atoms with E-state index in [0.717, 1.165) is 41.5 Å². The predicted molar refractivity (Wildman–Crippen MR) is 62.2 cm³/mol. The minimum Gasteiger partial charge on any atom is -0.398 e. The molecule has 0 aromatic heterocycles. The number of nitrogens with two attached hydrogens (primary N) is 1. The molecule has 2 N–H and O–H groups in total. The SMILES string of the molecule is CCc1c(N)ccc(C=O)c1CC.Cl. The molecule has 0 saturated heterocycles. The normalized spacial score (nSPS) is 9.29. The maximum absolute atomic E-state index is 10.7. The highest BCUT2D eigenvalue weighted by atomic mass is 35.5. The van der Waals surface area contributed by atoms with Crippen LogP contribution in [-0.2, 0) is 12.8 Å². The van der Waals surface area contributed by atoms with Crippen LogP contribution in [0.15, 0.2) is 12.1 Å². The fraction of sp³-hybridized carbons (Fsp3) is 0.364. The molecule has 14 heavy (non-hydrogen) atoms. The molecule has 0 amide bonds. The number of nitrogen functional groups attached to an aromatic ring is 1. The maximum atomic E-state index is 10.7. The van der Waals surface area contributed by atoms with Gasteiger partial charge >= 0.3 is 0 Å². The molecular weight excluding hydrogens is 198 g/mol. The summed E-state index contributed by atoms with van der Waals surface area (Å²) in [4.78, 5) is 10.7. The molecule has 1 rings (SSSR count). The lowest BCUT2D eigenvalue weighted by molar-refractivity contribution is 0.112. The summed E-state index contributed by atoms with van der Waals surface area (Å²) in [5.41, 5.74) is 9.60. The van der Waals surface area contributed by atoms with Crippen LogP contribution < -0.4 is 5.73 Å². The summed E-state index contributed by atoms with van der Waals surface area (Å²) >= 11 is 0. The van der Waals surface area contributed by atoms with Crippen LogP contribution in [0.5, 0.6) is 0 Å². The van der Waals surface area contributed by atoms with E-state index in [1.807, 2.05) is 13.0 Å². The van der Waals surface area contributed by atoms with Gasteiger partial charge in [-0.15, -0.1) is 12.4 Å². The zero-order valence-corrected chi connectivity index (χ0v) is 9.36. The van der Waals surface area contributed by atoms with Crippen LogP contribution in [0.4, 0.5) is 5.69 Å². The van der Waals surface area contributed by atoms with Crippen molar-refractivity contribution in [3.05, 3.63) is 28.8 Å². The second kappa shape index (κ2) is 5.66. The minimum atomic E-state index is 0. The van der Waals surface area contributed by atoms with Crippen LogP contribution >= 0.6 is 12.4 Å². The third-order valence-electron chi connectivity index (χ3n) is 2.34. The lowest BCUT2D eigenvalue weighted by Gasteiger charge is -2.11. The Morgan fingerprint density at radius 3 is 2.21 bits per heavy atom. The van der Waals surface area contributed by atoms with Gasteiger partial charge in [-0.2, -0.15) is 0 Å². The lowest BCUT2D eigenvalue weighted by atomic mass is 9.96. The summed E-state index contributed by atoms with van der Waals surface area (Å²) in [5, 5.41) is 0. The van der Waals surface area contributed by atoms with Gasteiger partial charge in [0.1, 0.15) is 6.29 Å². The average Bonchev–Trinajstić information content (AvgIpc) is 2.17. The molecule has 0 bridgehead atoms. The molecule has 1 aromatic carbocycles. The van der Waals surface area contributed by atoms with Gasteiger partial charge in [0.2, 0.25) is 0 Å². The van der Waals surface area contributed by atoms with Crippen molar-refractivity contribution in [2.45, 2.75) is 26.7 Å². The fourth-order valence-corrected chi connectivity index (χ4v) is 1.67. The summed E-state index contributed by atoms with van der Waals surface area (Å²) in [6, 6.07) is 3.60. The van der Waals surface area contributed by atoms with Crippen LogP contribution in [0.2, 0.25) is 0 Å². The molecule has 0 heterocycles. The zero-order chi connectivity index (χ0) is 9.84. The number of benzene rings is 1. The minimum absolute atomic E-state index is 0. The average molecular weight is 214 g/mol. The lowest BCUT2D eigenvalue weighted by Crippen LogP contribution is -2.02. The van der Waals surface area contributed by atoms with Gasteiger partial charge in [-0.1, -0.05) is 13.8 Å². The van der Waals surface area contributed by atoms with Crippen molar-refractivity contribution in [3.63, 3.8) is 0 Å². The summed E-state index contributed by atoms with van der Waals surface area (Å²) in [7, 11) is 0. The summed E-state index contributed by atoms with van der Waals surface area (Å²) < 4.78 is 0. The standard InChI is InChI=1S/C11H15NO.ClH/c1-3-9-8(7-13)5-6-11(12)10(9)4-2;/h5-7H,3-4,12H2,1-2H3;1H. The van der Waals surface area contributed by atoms with Gasteiger partial charge in [0, 0.05) is 11.3 Å². The van der Waals surface area contributed by atoms with Crippen molar-refractivity contribution in [3.8, 4) is 0 Å². The third kappa shape index (κ3) is 2.26. The second-order valence-electron chi connectivity index (χ2n) is 3.03. The van der Waals surface area contributed by atoms with Gasteiger partial charge in [0.05, 0.1) is 0 Å².